The fourth-order valence-corrected chi connectivity index (χ4v) is 3.06. The van der Waals surface area contributed by atoms with Crippen molar-refractivity contribution < 1.29 is 9.53 Å². The molecule has 0 saturated carbocycles. The number of piperazine rings is 1. The third-order valence-corrected chi connectivity index (χ3v) is 4.52. The van der Waals surface area contributed by atoms with Crippen LogP contribution in [0, 0.1) is 5.92 Å². The minimum absolute atomic E-state index is 0.253. The van der Waals surface area contributed by atoms with E-state index >= 15 is 0 Å². The predicted octanol–water partition coefficient (Wildman–Crippen LogP) is 1.36. The number of tetrazole rings is 1. The minimum atomic E-state index is 0.253. The average Bonchev–Trinajstić information content (AvgIpc) is 3.10. The van der Waals surface area contributed by atoms with Crippen molar-refractivity contribution in [1.82, 2.24) is 30.0 Å². The summed E-state index contributed by atoms with van der Waals surface area (Å²) in [6.45, 7) is 8.00. The monoisotopic (exact) mass is 358 g/mol. The fourth-order valence-electron chi connectivity index (χ4n) is 3.06. The van der Waals surface area contributed by atoms with Crippen molar-refractivity contribution in [3.63, 3.8) is 0 Å². The molecule has 0 radical (unpaired) electrons. The van der Waals surface area contributed by atoms with Gasteiger partial charge in [-0.2, -0.15) is 4.68 Å². The molecule has 1 saturated heterocycles. The van der Waals surface area contributed by atoms with Crippen LogP contribution in [0.3, 0.4) is 0 Å². The highest BCUT2D eigenvalue weighted by molar-refractivity contribution is 5.76. The second-order valence-electron chi connectivity index (χ2n) is 6.96. The van der Waals surface area contributed by atoms with E-state index in [0.717, 1.165) is 43.4 Å². The molecule has 0 atom stereocenters. The molecule has 0 unspecified atom stereocenters. The molecule has 0 bridgehead atoms. The highest BCUT2D eigenvalue weighted by Crippen LogP contribution is 2.16. The number of benzene rings is 1. The molecule has 0 N–H and O–H groups in total. The number of rotatable bonds is 6. The lowest BCUT2D eigenvalue weighted by Gasteiger charge is -2.34. The Hall–Kier alpha value is -2.48. The van der Waals surface area contributed by atoms with Crippen molar-refractivity contribution in [1.29, 1.82) is 0 Å². The maximum absolute atomic E-state index is 12.2. The van der Waals surface area contributed by atoms with Gasteiger partial charge in [0.1, 0.15) is 5.75 Å². The number of ether oxygens (including phenoxy) is 1. The molecule has 1 aliphatic heterocycles. The van der Waals surface area contributed by atoms with Crippen molar-refractivity contribution in [2.45, 2.75) is 26.8 Å². The van der Waals surface area contributed by atoms with E-state index in [0.29, 0.717) is 18.9 Å². The van der Waals surface area contributed by atoms with Gasteiger partial charge in [0.05, 0.1) is 19.3 Å². The Labute approximate surface area is 153 Å². The number of amides is 1. The van der Waals surface area contributed by atoms with Crippen molar-refractivity contribution in [3.05, 3.63) is 30.1 Å². The maximum Gasteiger partial charge on any atom is 0.222 e. The number of aromatic nitrogens is 4. The van der Waals surface area contributed by atoms with Crippen molar-refractivity contribution in [2.24, 2.45) is 5.92 Å². The zero-order chi connectivity index (χ0) is 18.5. The second kappa shape index (κ2) is 8.27. The van der Waals surface area contributed by atoms with Gasteiger partial charge >= 0.3 is 0 Å². The van der Waals surface area contributed by atoms with Crippen LogP contribution in [-0.2, 0) is 11.3 Å². The first-order valence-corrected chi connectivity index (χ1v) is 8.98. The Morgan fingerprint density at radius 1 is 1.15 bits per heavy atom. The van der Waals surface area contributed by atoms with E-state index < -0.39 is 0 Å². The first-order chi connectivity index (χ1) is 12.6. The first kappa shape index (κ1) is 18.3. The lowest BCUT2D eigenvalue weighted by molar-refractivity contribution is -0.133. The van der Waals surface area contributed by atoms with E-state index in [-0.39, 0.29) is 5.91 Å². The van der Waals surface area contributed by atoms with Gasteiger partial charge in [0.25, 0.3) is 0 Å². The summed E-state index contributed by atoms with van der Waals surface area (Å²) in [4.78, 5) is 16.4. The van der Waals surface area contributed by atoms with E-state index in [9.17, 15) is 4.79 Å². The summed E-state index contributed by atoms with van der Waals surface area (Å²) in [5.41, 5.74) is 0.900. The highest BCUT2D eigenvalue weighted by atomic mass is 16.5. The number of hydrogen-bond donors (Lipinski definition) is 0. The van der Waals surface area contributed by atoms with Crippen LogP contribution in [0.4, 0.5) is 0 Å². The smallest absolute Gasteiger partial charge is 0.222 e. The summed E-state index contributed by atoms with van der Waals surface area (Å²) >= 11 is 0. The summed E-state index contributed by atoms with van der Waals surface area (Å²) in [5, 5.41) is 12.1. The Balaban J connectivity index is 1.59. The summed E-state index contributed by atoms with van der Waals surface area (Å²) in [6, 6.07) is 7.64. The van der Waals surface area contributed by atoms with Crippen LogP contribution in [0.2, 0.25) is 0 Å². The Morgan fingerprint density at radius 3 is 2.46 bits per heavy atom. The molecule has 26 heavy (non-hydrogen) atoms. The molecule has 1 fully saturated rings. The molecule has 1 aromatic heterocycles. The second-order valence-corrected chi connectivity index (χ2v) is 6.96. The standard InChI is InChI=1S/C18H26N6O2/c1-14(2)12-18(25)23-10-8-22(9-11-23)13-17-19-20-21-24(17)15-4-6-16(26-3)7-5-15/h4-7,14H,8-13H2,1-3H3. The highest BCUT2D eigenvalue weighted by Gasteiger charge is 2.23. The molecule has 0 aliphatic carbocycles. The van der Waals surface area contributed by atoms with E-state index in [2.05, 4.69) is 34.3 Å². The van der Waals surface area contributed by atoms with Crippen molar-refractivity contribution >= 4 is 5.91 Å². The molecule has 3 rings (SSSR count). The lowest BCUT2D eigenvalue weighted by atomic mass is 10.1. The van der Waals surface area contributed by atoms with Gasteiger partial charge in [-0.3, -0.25) is 9.69 Å². The summed E-state index contributed by atoms with van der Waals surface area (Å²) in [5.74, 6) is 2.24. The third-order valence-electron chi connectivity index (χ3n) is 4.52. The number of carbonyl (C=O) groups is 1. The van der Waals surface area contributed by atoms with E-state index in [1.165, 1.54) is 0 Å². The summed E-state index contributed by atoms with van der Waals surface area (Å²) < 4.78 is 6.94. The predicted molar refractivity (Wildman–Crippen MR) is 97.0 cm³/mol. The zero-order valence-corrected chi connectivity index (χ0v) is 15.6. The largest absolute Gasteiger partial charge is 0.497 e. The minimum Gasteiger partial charge on any atom is -0.497 e. The third kappa shape index (κ3) is 4.37. The van der Waals surface area contributed by atoms with Crippen LogP contribution in [0.25, 0.3) is 5.69 Å². The van der Waals surface area contributed by atoms with Gasteiger partial charge in [-0.05, 0) is 40.6 Å². The lowest BCUT2D eigenvalue weighted by Crippen LogP contribution is -2.48. The molecule has 2 heterocycles. The molecular formula is C18H26N6O2. The Kier molecular flexibility index (Phi) is 5.82. The van der Waals surface area contributed by atoms with Gasteiger partial charge in [0, 0.05) is 32.6 Å². The number of carbonyl (C=O) groups excluding carboxylic acids is 1. The van der Waals surface area contributed by atoms with Crippen LogP contribution in [0.15, 0.2) is 24.3 Å². The molecule has 1 amide bonds. The maximum atomic E-state index is 12.2. The molecule has 0 spiro atoms. The number of nitrogens with zero attached hydrogens (tertiary/aromatic N) is 6. The number of hydrogen-bond acceptors (Lipinski definition) is 6. The van der Waals surface area contributed by atoms with Gasteiger partial charge < -0.3 is 9.64 Å². The summed E-state index contributed by atoms with van der Waals surface area (Å²) in [6.07, 6.45) is 0.621. The van der Waals surface area contributed by atoms with Gasteiger partial charge in [-0.1, -0.05) is 13.8 Å². The van der Waals surface area contributed by atoms with Crippen LogP contribution >= 0.6 is 0 Å². The zero-order valence-electron chi connectivity index (χ0n) is 15.6. The average molecular weight is 358 g/mol. The normalized spacial score (nSPS) is 15.5. The summed E-state index contributed by atoms with van der Waals surface area (Å²) in [7, 11) is 1.64. The molecule has 1 aromatic carbocycles. The first-order valence-electron chi connectivity index (χ1n) is 8.98. The Bertz CT molecular complexity index is 720. The quantitative estimate of drug-likeness (QED) is 0.776. The molecular weight excluding hydrogens is 332 g/mol. The van der Waals surface area contributed by atoms with E-state index in [1.807, 2.05) is 29.2 Å². The van der Waals surface area contributed by atoms with Crippen LogP contribution in [-0.4, -0.2) is 69.2 Å². The SMILES string of the molecule is COc1ccc(-n2nnnc2CN2CCN(C(=O)CC(C)C)CC2)cc1. The van der Waals surface area contributed by atoms with Gasteiger partial charge in [0.2, 0.25) is 5.91 Å². The van der Waals surface area contributed by atoms with Crippen LogP contribution in [0.1, 0.15) is 26.1 Å². The van der Waals surface area contributed by atoms with E-state index in [1.54, 1.807) is 11.8 Å². The van der Waals surface area contributed by atoms with Crippen LogP contribution < -0.4 is 4.74 Å². The molecule has 8 nitrogen and oxygen atoms in total. The van der Waals surface area contributed by atoms with Crippen LogP contribution in [0.5, 0.6) is 5.75 Å². The van der Waals surface area contributed by atoms with E-state index in [4.69, 9.17) is 4.74 Å². The molecule has 8 heteroatoms. The Morgan fingerprint density at radius 2 is 1.85 bits per heavy atom. The van der Waals surface area contributed by atoms with Gasteiger partial charge in [0.15, 0.2) is 5.82 Å². The molecule has 2 aromatic rings. The fraction of sp³-hybridized carbons (Fsp3) is 0.556. The number of methoxy groups -OCH3 is 1. The molecule has 1 aliphatic rings. The molecule has 140 valence electrons. The topological polar surface area (TPSA) is 76.4 Å². The van der Waals surface area contributed by atoms with Crippen molar-refractivity contribution in [2.75, 3.05) is 33.3 Å². The van der Waals surface area contributed by atoms with Crippen molar-refractivity contribution in [3.8, 4) is 11.4 Å². The van der Waals surface area contributed by atoms with Gasteiger partial charge in [-0.15, -0.1) is 5.10 Å². The van der Waals surface area contributed by atoms with Gasteiger partial charge in [-0.25, -0.2) is 0 Å².